The highest BCUT2D eigenvalue weighted by atomic mass is 32.2. The van der Waals surface area contributed by atoms with E-state index in [4.69, 9.17) is 0 Å². The number of thioether (sulfide) groups is 1. The molecular formula is C12H15N3OS. The summed E-state index contributed by atoms with van der Waals surface area (Å²) in [6.07, 6.45) is 1.07. The van der Waals surface area contributed by atoms with E-state index in [1.165, 1.54) is 0 Å². The third-order valence-electron chi connectivity index (χ3n) is 2.51. The maximum absolute atomic E-state index is 9.71. The molecule has 2 N–H and O–H groups in total. The smallest absolute Gasteiger partial charge is 0.209 e. The summed E-state index contributed by atoms with van der Waals surface area (Å²) >= 11 is 1.63. The van der Waals surface area contributed by atoms with E-state index in [1.807, 2.05) is 12.1 Å². The number of para-hydroxylation sites is 1. The lowest BCUT2D eigenvalue weighted by Gasteiger charge is -2.02. The Labute approximate surface area is 104 Å². The molecule has 90 valence electrons. The molecule has 0 aliphatic rings. The molecule has 0 bridgehead atoms. The van der Waals surface area contributed by atoms with Gasteiger partial charge in [-0.05, 0) is 18.6 Å². The fourth-order valence-corrected chi connectivity index (χ4v) is 2.13. The molecule has 1 aromatic heterocycles. The highest BCUT2D eigenvalue weighted by molar-refractivity contribution is 7.99. The predicted octanol–water partition coefficient (Wildman–Crippen LogP) is 3.07. The van der Waals surface area contributed by atoms with E-state index in [2.05, 4.69) is 29.0 Å². The second-order valence-corrected chi connectivity index (χ2v) is 5.23. The van der Waals surface area contributed by atoms with Crippen LogP contribution in [0.5, 0.6) is 5.75 Å². The van der Waals surface area contributed by atoms with Gasteiger partial charge in [0.1, 0.15) is 5.75 Å². The van der Waals surface area contributed by atoms with E-state index in [9.17, 15) is 5.11 Å². The van der Waals surface area contributed by atoms with Crippen LogP contribution in [0.2, 0.25) is 0 Å². The summed E-state index contributed by atoms with van der Waals surface area (Å²) in [5, 5.41) is 17.9. The van der Waals surface area contributed by atoms with Crippen LogP contribution in [0, 0.1) is 0 Å². The summed E-state index contributed by atoms with van der Waals surface area (Å²) < 4.78 is 0. The second-order valence-electron chi connectivity index (χ2n) is 3.82. The van der Waals surface area contributed by atoms with E-state index < -0.39 is 0 Å². The van der Waals surface area contributed by atoms with Crippen LogP contribution in [0.15, 0.2) is 29.4 Å². The number of benzene rings is 1. The molecule has 0 aliphatic heterocycles. The Kier molecular flexibility index (Phi) is 3.68. The molecule has 0 radical (unpaired) electrons. The molecule has 0 fully saturated rings. The van der Waals surface area contributed by atoms with Gasteiger partial charge in [0.25, 0.3) is 0 Å². The SMILES string of the molecule is CCC(C)Sc1n[nH]c(-c2ccccc2O)n1. The lowest BCUT2D eigenvalue weighted by Crippen LogP contribution is -1.92. The lowest BCUT2D eigenvalue weighted by molar-refractivity contribution is 0.477. The minimum absolute atomic E-state index is 0.212. The van der Waals surface area contributed by atoms with Gasteiger partial charge >= 0.3 is 0 Å². The zero-order valence-electron chi connectivity index (χ0n) is 9.84. The van der Waals surface area contributed by atoms with Crippen molar-refractivity contribution < 1.29 is 5.11 Å². The first kappa shape index (κ1) is 12.0. The number of H-pyrrole nitrogens is 1. The monoisotopic (exact) mass is 249 g/mol. The van der Waals surface area contributed by atoms with E-state index in [1.54, 1.807) is 23.9 Å². The fraction of sp³-hybridized carbons (Fsp3) is 0.333. The highest BCUT2D eigenvalue weighted by Crippen LogP contribution is 2.28. The Balaban J connectivity index is 2.21. The zero-order chi connectivity index (χ0) is 12.3. The number of rotatable bonds is 4. The summed E-state index contributed by atoms with van der Waals surface area (Å²) in [6, 6.07) is 7.09. The maximum Gasteiger partial charge on any atom is 0.209 e. The van der Waals surface area contributed by atoms with Gasteiger partial charge in [0, 0.05) is 5.25 Å². The van der Waals surface area contributed by atoms with Gasteiger partial charge in [-0.2, -0.15) is 0 Å². The van der Waals surface area contributed by atoms with Crippen molar-refractivity contribution in [3.8, 4) is 17.1 Å². The molecule has 2 rings (SSSR count). The Morgan fingerprint density at radius 1 is 1.41 bits per heavy atom. The first-order chi connectivity index (χ1) is 8.20. The van der Waals surface area contributed by atoms with Gasteiger partial charge in [0.05, 0.1) is 5.56 Å². The number of aromatic amines is 1. The first-order valence-corrected chi connectivity index (χ1v) is 6.46. The Morgan fingerprint density at radius 3 is 2.88 bits per heavy atom. The van der Waals surface area contributed by atoms with Crippen molar-refractivity contribution >= 4 is 11.8 Å². The van der Waals surface area contributed by atoms with Crippen LogP contribution in [0.1, 0.15) is 20.3 Å². The van der Waals surface area contributed by atoms with E-state index in [0.717, 1.165) is 11.6 Å². The molecule has 1 atom stereocenters. The lowest BCUT2D eigenvalue weighted by atomic mass is 10.2. The summed E-state index contributed by atoms with van der Waals surface area (Å²) in [7, 11) is 0. The van der Waals surface area contributed by atoms with Crippen LogP contribution in [0.25, 0.3) is 11.4 Å². The Bertz CT molecular complexity index is 498. The van der Waals surface area contributed by atoms with Gasteiger partial charge < -0.3 is 5.11 Å². The molecule has 0 spiro atoms. The number of aromatic hydroxyl groups is 1. The number of aromatic nitrogens is 3. The molecule has 0 amide bonds. The number of hydrogen-bond acceptors (Lipinski definition) is 4. The largest absolute Gasteiger partial charge is 0.507 e. The van der Waals surface area contributed by atoms with Crippen molar-refractivity contribution in [1.29, 1.82) is 0 Å². The Morgan fingerprint density at radius 2 is 2.18 bits per heavy atom. The van der Waals surface area contributed by atoms with E-state index >= 15 is 0 Å². The van der Waals surface area contributed by atoms with Gasteiger partial charge in [-0.1, -0.05) is 37.7 Å². The maximum atomic E-state index is 9.71. The van der Waals surface area contributed by atoms with Crippen LogP contribution >= 0.6 is 11.8 Å². The van der Waals surface area contributed by atoms with Crippen LogP contribution in [-0.4, -0.2) is 25.5 Å². The molecule has 17 heavy (non-hydrogen) atoms. The average molecular weight is 249 g/mol. The van der Waals surface area contributed by atoms with Gasteiger partial charge in [0.15, 0.2) is 5.82 Å². The van der Waals surface area contributed by atoms with E-state index in [0.29, 0.717) is 16.6 Å². The molecular weight excluding hydrogens is 234 g/mol. The third kappa shape index (κ3) is 2.79. The Hall–Kier alpha value is -1.49. The molecule has 1 heterocycles. The van der Waals surface area contributed by atoms with Crippen LogP contribution < -0.4 is 0 Å². The first-order valence-electron chi connectivity index (χ1n) is 5.58. The van der Waals surface area contributed by atoms with Crippen molar-refractivity contribution in [1.82, 2.24) is 15.2 Å². The van der Waals surface area contributed by atoms with Crippen molar-refractivity contribution in [2.75, 3.05) is 0 Å². The van der Waals surface area contributed by atoms with Gasteiger partial charge in [-0.3, -0.25) is 5.10 Å². The van der Waals surface area contributed by atoms with Gasteiger partial charge in [0.2, 0.25) is 5.16 Å². The molecule has 4 nitrogen and oxygen atoms in total. The third-order valence-corrected chi connectivity index (χ3v) is 3.63. The fourth-order valence-electron chi connectivity index (χ4n) is 1.36. The predicted molar refractivity (Wildman–Crippen MR) is 69.1 cm³/mol. The molecule has 0 aliphatic carbocycles. The van der Waals surface area contributed by atoms with Crippen molar-refractivity contribution in [2.24, 2.45) is 0 Å². The van der Waals surface area contributed by atoms with Crippen LogP contribution in [-0.2, 0) is 0 Å². The molecule has 0 saturated heterocycles. The average Bonchev–Trinajstić information content (AvgIpc) is 2.78. The normalized spacial score (nSPS) is 12.6. The minimum atomic E-state index is 0.212. The quantitative estimate of drug-likeness (QED) is 0.817. The van der Waals surface area contributed by atoms with Crippen molar-refractivity contribution in [3.05, 3.63) is 24.3 Å². The summed E-state index contributed by atoms with van der Waals surface area (Å²) in [5.41, 5.74) is 0.677. The van der Waals surface area contributed by atoms with E-state index in [-0.39, 0.29) is 5.75 Å². The van der Waals surface area contributed by atoms with Gasteiger partial charge in [-0.25, -0.2) is 4.98 Å². The topological polar surface area (TPSA) is 61.8 Å². The summed E-state index contributed by atoms with van der Waals surface area (Å²) in [4.78, 5) is 4.37. The molecule has 1 unspecified atom stereocenters. The van der Waals surface area contributed by atoms with Gasteiger partial charge in [-0.15, -0.1) is 5.10 Å². The second kappa shape index (κ2) is 5.23. The summed E-state index contributed by atoms with van der Waals surface area (Å²) in [6.45, 7) is 4.27. The van der Waals surface area contributed by atoms with Crippen molar-refractivity contribution in [2.45, 2.75) is 30.7 Å². The highest BCUT2D eigenvalue weighted by Gasteiger charge is 2.11. The molecule has 2 aromatic rings. The number of phenols is 1. The number of nitrogens with zero attached hydrogens (tertiary/aromatic N) is 2. The number of nitrogens with one attached hydrogen (secondary N) is 1. The number of phenolic OH excluding ortho intramolecular Hbond substituents is 1. The molecule has 1 aromatic carbocycles. The molecule has 0 saturated carbocycles. The number of hydrogen-bond donors (Lipinski definition) is 2. The molecule has 5 heteroatoms. The summed E-state index contributed by atoms with van der Waals surface area (Å²) in [5.74, 6) is 0.817. The minimum Gasteiger partial charge on any atom is -0.507 e. The van der Waals surface area contributed by atoms with Crippen LogP contribution in [0.4, 0.5) is 0 Å². The van der Waals surface area contributed by atoms with Crippen LogP contribution in [0.3, 0.4) is 0 Å². The van der Waals surface area contributed by atoms with Crippen molar-refractivity contribution in [3.63, 3.8) is 0 Å². The standard InChI is InChI=1S/C12H15N3OS/c1-3-8(2)17-12-13-11(14-15-12)9-6-4-5-7-10(9)16/h4-8,16H,3H2,1-2H3,(H,13,14,15). The zero-order valence-corrected chi connectivity index (χ0v) is 10.7.